The summed E-state index contributed by atoms with van der Waals surface area (Å²) in [5.74, 6) is 0.384. The first-order chi connectivity index (χ1) is 14.2. The first kappa shape index (κ1) is 24.0. The van der Waals surface area contributed by atoms with Crippen LogP contribution in [0.4, 0.5) is 5.69 Å². The zero-order valence-corrected chi connectivity index (χ0v) is 19.2. The molecule has 30 heavy (non-hydrogen) atoms. The van der Waals surface area contributed by atoms with E-state index in [2.05, 4.69) is 17.4 Å². The fourth-order valence-corrected chi connectivity index (χ4v) is 4.34. The maximum Gasteiger partial charge on any atom is 0.232 e. The maximum absolute atomic E-state index is 12.3. The van der Waals surface area contributed by atoms with E-state index in [1.807, 2.05) is 25.1 Å². The number of carbonyl (C=O) groups is 1. The maximum atomic E-state index is 12.3. The Labute approximate surface area is 184 Å². The average Bonchev–Trinajstić information content (AvgIpc) is 2.69. The summed E-state index contributed by atoms with van der Waals surface area (Å²) in [4.78, 5) is 12.3. The van der Waals surface area contributed by atoms with Crippen molar-refractivity contribution in [2.24, 2.45) is 0 Å². The lowest BCUT2D eigenvalue weighted by Gasteiger charge is -2.23. The van der Waals surface area contributed by atoms with E-state index in [9.17, 15) is 13.2 Å². The molecule has 1 N–H and O–H groups in total. The van der Waals surface area contributed by atoms with Crippen LogP contribution in [0, 0.1) is 0 Å². The third kappa shape index (κ3) is 7.54. The second-order valence-electron chi connectivity index (χ2n) is 7.25. The number of benzene rings is 2. The van der Waals surface area contributed by atoms with E-state index < -0.39 is 10.0 Å². The molecule has 8 heteroatoms. The highest BCUT2D eigenvalue weighted by Gasteiger charge is 2.19. The van der Waals surface area contributed by atoms with E-state index in [-0.39, 0.29) is 24.9 Å². The smallest absolute Gasteiger partial charge is 0.232 e. The Hall–Kier alpha value is -2.25. The van der Waals surface area contributed by atoms with Crippen LogP contribution in [0.5, 0.6) is 5.75 Å². The number of nitrogens with zero attached hydrogens (tertiary/aromatic N) is 1. The minimum Gasteiger partial charge on any atom is -0.495 e. The summed E-state index contributed by atoms with van der Waals surface area (Å²) < 4.78 is 30.8. The fraction of sp³-hybridized carbons (Fsp3) is 0.409. The third-order valence-corrected chi connectivity index (χ3v) is 6.19. The molecule has 0 aliphatic carbocycles. The number of aryl methyl sites for hydroxylation is 1. The summed E-state index contributed by atoms with van der Waals surface area (Å²) in [7, 11) is -2.02. The Balaban J connectivity index is 1.85. The van der Waals surface area contributed by atoms with Gasteiger partial charge in [0.05, 0.1) is 24.1 Å². The number of methoxy groups -OCH3 is 1. The van der Waals surface area contributed by atoms with Crippen LogP contribution < -0.4 is 14.4 Å². The highest BCUT2D eigenvalue weighted by molar-refractivity contribution is 7.92. The second-order valence-corrected chi connectivity index (χ2v) is 9.56. The molecule has 6 nitrogen and oxygen atoms in total. The van der Waals surface area contributed by atoms with Gasteiger partial charge in [-0.15, -0.1) is 0 Å². The summed E-state index contributed by atoms with van der Waals surface area (Å²) >= 11 is 6.13. The van der Waals surface area contributed by atoms with Gasteiger partial charge in [0.25, 0.3) is 0 Å². The Morgan fingerprint density at radius 2 is 1.90 bits per heavy atom. The number of nitrogens with one attached hydrogen (secondary N) is 1. The first-order valence-corrected chi connectivity index (χ1v) is 12.1. The van der Waals surface area contributed by atoms with Gasteiger partial charge in [-0.25, -0.2) is 8.42 Å². The molecule has 2 aromatic rings. The van der Waals surface area contributed by atoms with E-state index in [0.29, 0.717) is 22.9 Å². The predicted octanol–water partition coefficient (Wildman–Crippen LogP) is 4.03. The Kier molecular flexibility index (Phi) is 8.99. The van der Waals surface area contributed by atoms with Crippen LogP contribution in [0.3, 0.4) is 0 Å². The zero-order valence-electron chi connectivity index (χ0n) is 17.6. The van der Waals surface area contributed by atoms with Gasteiger partial charge in [0.15, 0.2) is 0 Å². The molecule has 2 rings (SSSR count). The molecule has 1 unspecified atom stereocenters. The Bertz CT molecular complexity index is 935. The lowest BCUT2D eigenvalue weighted by Crippen LogP contribution is -2.35. The van der Waals surface area contributed by atoms with Crippen molar-refractivity contribution < 1.29 is 17.9 Å². The quantitative estimate of drug-likeness (QED) is 0.558. The van der Waals surface area contributed by atoms with Gasteiger partial charge in [-0.1, -0.05) is 41.9 Å². The molecule has 0 radical (unpaired) electrons. The number of anilines is 1. The van der Waals surface area contributed by atoms with Crippen molar-refractivity contribution in [3.63, 3.8) is 0 Å². The standard InChI is InChI=1S/C22H29ClN2O4S/c1-17(11-12-18-8-5-4-6-9-18)24-22(26)10-7-15-25(30(3,27)28)19-13-14-21(29-2)20(23)16-19/h4-6,8-9,13-14,16-17H,7,10-12,15H2,1-3H3,(H,24,26). The monoisotopic (exact) mass is 452 g/mol. The first-order valence-electron chi connectivity index (χ1n) is 9.85. The molecule has 0 heterocycles. The summed E-state index contributed by atoms with van der Waals surface area (Å²) in [5.41, 5.74) is 1.68. The van der Waals surface area contributed by atoms with Gasteiger partial charge in [0.2, 0.25) is 15.9 Å². The number of amides is 1. The lowest BCUT2D eigenvalue weighted by atomic mass is 10.1. The lowest BCUT2D eigenvalue weighted by molar-refractivity contribution is -0.121. The number of halogens is 1. The summed E-state index contributed by atoms with van der Waals surface area (Å²) in [6, 6.07) is 15.0. The number of carbonyl (C=O) groups excluding carboxylic acids is 1. The number of sulfonamides is 1. The number of ether oxygens (including phenoxy) is 1. The van der Waals surface area contributed by atoms with Crippen molar-refractivity contribution in [3.8, 4) is 5.75 Å². The van der Waals surface area contributed by atoms with Gasteiger partial charge >= 0.3 is 0 Å². The fourth-order valence-electron chi connectivity index (χ4n) is 3.13. The Morgan fingerprint density at radius 1 is 1.20 bits per heavy atom. The minimum absolute atomic E-state index is 0.0455. The van der Waals surface area contributed by atoms with E-state index in [4.69, 9.17) is 16.3 Å². The number of rotatable bonds is 11. The van der Waals surface area contributed by atoms with Crippen molar-refractivity contribution in [3.05, 3.63) is 59.1 Å². The molecule has 1 atom stereocenters. The van der Waals surface area contributed by atoms with Crippen LogP contribution in [-0.4, -0.2) is 40.3 Å². The molecule has 0 bridgehead atoms. The van der Waals surface area contributed by atoms with Gasteiger partial charge in [-0.2, -0.15) is 0 Å². The van der Waals surface area contributed by atoms with Gasteiger partial charge in [0.1, 0.15) is 5.75 Å². The van der Waals surface area contributed by atoms with E-state index in [1.54, 1.807) is 18.2 Å². The second kappa shape index (κ2) is 11.2. The largest absolute Gasteiger partial charge is 0.495 e. The normalized spacial score (nSPS) is 12.3. The molecule has 2 aromatic carbocycles. The molecule has 0 aliphatic rings. The van der Waals surface area contributed by atoms with Crippen LogP contribution in [0.2, 0.25) is 5.02 Å². The molecule has 0 aliphatic heterocycles. The van der Waals surface area contributed by atoms with Crippen LogP contribution in [-0.2, 0) is 21.2 Å². The van der Waals surface area contributed by atoms with E-state index >= 15 is 0 Å². The summed E-state index contributed by atoms with van der Waals surface area (Å²) in [6.07, 6.45) is 3.51. The number of hydrogen-bond donors (Lipinski definition) is 1. The van der Waals surface area contributed by atoms with Gasteiger partial charge < -0.3 is 10.1 Å². The molecule has 164 valence electrons. The molecule has 0 aromatic heterocycles. The van der Waals surface area contributed by atoms with Gasteiger partial charge in [0, 0.05) is 19.0 Å². The topological polar surface area (TPSA) is 75.7 Å². The van der Waals surface area contributed by atoms with Crippen LogP contribution in [0.1, 0.15) is 31.7 Å². The van der Waals surface area contributed by atoms with Crippen LogP contribution in [0.25, 0.3) is 0 Å². The van der Waals surface area contributed by atoms with E-state index in [1.165, 1.54) is 17.0 Å². The van der Waals surface area contributed by atoms with Gasteiger partial charge in [-0.05, 0) is 49.9 Å². The van der Waals surface area contributed by atoms with E-state index in [0.717, 1.165) is 19.1 Å². The van der Waals surface area contributed by atoms with Crippen molar-refractivity contribution in [2.75, 3.05) is 24.2 Å². The molecule has 0 saturated heterocycles. The zero-order chi connectivity index (χ0) is 22.1. The molecule has 0 saturated carbocycles. The van der Waals surface area contributed by atoms with Crippen LogP contribution >= 0.6 is 11.6 Å². The Morgan fingerprint density at radius 3 is 2.50 bits per heavy atom. The minimum atomic E-state index is -3.51. The molecular weight excluding hydrogens is 424 g/mol. The molecule has 0 spiro atoms. The van der Waals surface area contributed by atoms with Crippen LogP contribution in [0.15, 0.2) is 48.5 Å². The highest BCUT2D eigenvalue weighted by atomic mass is 35.5. The average molecular weight is 453 g/mol. The molecular formula is C22H29ClN2O4S. The molecule has 0 fully saturated rings. The summed E-state index contributed by atoms with van der Waals surface area (Å²) in [5, 5.41) is 3.31. The number of hydrogen-bond acceptors (Lipinski definition) is 4. The molecule has 1 amide bonds. The predicted molar refractivity (Wildman–Crippen MR) is 122 cm³/mol. The SMILES string of the molecule is COc1ccc(N(CCCC(=O)NC(C)CCc2ccccc2)S(C)(=O)=O)cc1Cl. The highest BCUT2D eigenvalue weighted by Crippen LogP contribution is 2.30. The van der Waals surface area contributed by atoms with Crippen molar-refractivity contribution in [1.82, 2.24) is 5.32 Å². The van der Waals surface area contributed by atoms with Crippen molar-refractivity contribution in [1.29, 1.82) is 0 Å². The van der Waals surface area contributed by atoms with Crippen molar-refractivity contribution in [2.45, 2.75) is 38.6 Å². The van der Waals surface area contributed by atoms with Crippen molar-refractivity contribution >= 4 is 33.2 Å². The third-order valence-electron chi connectivity index (χ3n) is 4.70. The summed E-state index contributed by atoms with van der Waals surface area (Å²) in [6.45, 7) is 2.16. The van der Waals surface area contributed by atoms with Gasteiger partial charge in [-0.3, -0.25) is 9.10 Å².